The molecule has 0 aliphatic rings. The Morgan fingerprint density at radius 3 is 2.62 bits per heavy atom. The highest BCUT2D eigenvalue weighted by molar-refractivity contribution is 6.31. The van der Waals surface area contributed by atoms with Crippen LogP contribution in [0.5, 0.6) is 0 Å². The van der Waals surface area contributed by atoms with Crippen LogP contribution in [-0.4, -0.2) is 6.29 Å². The molecular formula is C10H10ClFO. The maximum Gasteiger partial charge on any atom is 0.188 e. The standard InChI is InChI=1S/C10H10ClFO/c1-7-3-4-8(5-9(7)11)10(2,12)6-13/h3-6H,1-2H3. The maximum atomic E-state index is 13.4. The van der Waals surface area contributed by atoms with Gasteiger partial charge in [-0.1, -0.05) is 23.7 Å². The largest absolute Gasteiger partial charge is 0.299 e. The molecule has 1 unspecified atom stereocenters. The van der Waals surface area contributed by atoms with Crippen molar-refractivity contribution in [3.05, 3.63) is 34.3 Å². The molecule has 0 radical (unpaired) electrons. The SMILES string of the molecule is Cc1ccc(C(C)(F)C=O)cc1Cl. The van der Waals surface area contributed by atoms with Crippen LogP contribution >= 0.6 is 11.6 Å². The number of carbonyl (C=O) groups is 1. The number of benzene rings is 1. The van der Waals surface area contributed by atoms with E-state index >= 15 is 0 Å². The van der Waals surface area contributed by atoms with E-state index in [-0.39, 0.29) is 11.8 Å². The van der Waals surface area contributed by atoms with Crippen molar-refractivity contribution in [1.29, 1.82) is 0 Å². The number of aryl methyl sites for hydroxylation is 1. The fourth-order valence-corrected chi connectivity index (χ4v) is 1.15. The average molecular weight is 201 g/mol. The monoisotopic (exact) mass is 200 g/mol. The number of halogens is 2. The van der Waals surface area contributed by atoms with Gasteiger partial charge in [0.15, 0.2) is 12.0 Å². The minimum atomic E-state index is -1.95. The van der Waals surface area contributed by atoms with E-state index in [0.717, 1.165) is 5.56 Å². The van der Waals surface area contributed by atoms with E-state index in [4.69, 9.17) is 11.6 Å². The second kappa shape index (κ2) is 3.46. The summed E-state index contributed by atoms with van der Waals surface area (Å²) in [7, 11) is 0. The van der Waals surface area contributed by atoms with Gasteiger partial charge < -0.3 is 0 Å². The Kier molecular flexibility index (Phi) is 2.71. The Labute approximate surface area is 81.5 Å². The minimum Gasteiger partial charge on any atom is -0.299 e. The fourth-order valence-electron chi connectivity index (χ4n) is 0.965. The van der Waals surface area contributed by atoms with Gasteiger partial charge in [-0.3, -0.25) is 4.79 Å². The highest BCUT2D eigenvalue weighted by atomic mass is 35.5. The van der Waals surface area contributed by atoms with Gasteiger partial charge in [0.25, 0.3) is 0 Å². The Morgan fingerprint density at radius 2 is 2.15 bits per heavy atom. The molecule has 13 heavy (non-hydrogen) atoms. The molecule has 70 valence electrons. The van der Waals surface area contributed by atoms with Crippen molar-refractivity contribution in [2.24, 2.45) is 0 Å². The van der Waals surface area contributed by atoms with Crippen LogP contribution in [0.25, 0.3) is 0 Å². The summed E-state index contributed by atoms with van der Waals surface area (Å²) in [5, 5.41) is 0.475. The first-order valence-corrected chi connectivity index (χ1v) is 4.27. The summed E-state index contributed by atoms with van der Waals surface area (Å²) in [6, 6.07) is 4.74. The van der Waals surface area contributed by atoms with Gasteiger partial charge in [0.05, 0.1) is 0 Å². The normalized spacial score (nSPS) is 15.1. The topological polar surface area (TPSA) is 17.1 Å². The Hall–Kier alpha value is -0.890. The zero-order valence-electron chi connectivity index (χ0n) is 7.47. The van der Waals surface area contributed by atoms with Gasteiger partial charge in [-0.25, -0.2) is 4.39 Å². The third-order valence-corrected chi connectivity index (χ3v) is 2.36. The Bertz CT molecular complexity index is 334. The molecule has 1 nitrogen and oxygen atoms in total. The Morgan fingerprint density at radius 1 is 1.54 bits per heavy atom. The first-order valence-electron chi connectivity index (χ1n) is 3.89. The van der Waals surface area contributed by atoms with E-state index in [1.54, 1.807) is 12.1 Å². The molecule has 0 aromatic heterocycles. The van der Waals surface area contributed by atoms with Crippen molar-refractivity contribution in [2.75, 3.05) is 0 Å². The number of hydrogen-bond acceptors (Lipinski definition) is 1. The molecule has 0 fully saturated rings. The van der Waals surface area contributed by atoms with Gasteiger partial charge in [0.1, 0.15) is 0 Å². The summed E-state index contributed by atoms with van der Waals surface area (Å²) in [5.74, 6) is 0. The molecule has 3 heteroatoms. The number of carbonyl (C=O) groups excluding carboxylic acids is 1. The highest BCUT2D eigenvalue weighted by Gasteiger charge is 2.25. The minimum absolute atomic E-state index is 0.272. The molecule has 0 heterocycles. The summed E-state index contributed by atoms with van der Waals surface area (Å²) >= 11 is 5.79. The van der Waals surface area contributed by atoms with Crippen molar-refractivity contribution >= 4 is 17.9 Å². The lowest BCUT2D eigenvalue weighted by Gasteiger charge is -2.13. The smallest absolute Gasteiger partial charge is 0.188 e. The van der Waals surface area contributed by atoms with Crippen LogP contribution < -0.4 is 0 Å². The molecule has 0 saturated heterocycles. The lowest BCUT2D eigenvalue weighted by Crippen LogP contribution is -2.16. The van der Waals surface area contributed by atoms with E-state index in [0.29, 0.717) is 5.02 Å². The fraction of sp³-hybridized carbons (Fsp3) is 0.300. The molecule has 0 N–H and O–H groups in total. The first kappa shape index (κ1) is 10.2. The average Bonchev–Trinajstić information content (AvgIpc) is 2.09. The predicted octanol–water partition coefficient (Wildman–Crippen LogP) is 3.03. The first-order chi connectivity index (χ1) is 5.97. The summed E-state index contributed by atoms with van der Waals surface area (Å²) in [6.07, 6.45) is 0.272. The molecule has 1 atom stereocenters. The zero-order chi connectivity index (χ0) is 10.1. The van der Waals surface area contributed by atoms with Crippen LogP contribution in [0.3, 0.4) is 0 Å². The van der Waals surface area contributed by atoms with Gasteiger partial charge in [-0.2, -0.15) is 0 Å². The molecule has 0 bridgehead atoms. The molecule has 0 saturated carbocycles. The zero-order valence-corrected chi connectivity index (χ0v) is 8.23. The third kappa shape index (κ3) is 2.07. The summed E-state index contributed by atoms with van der Waals surface area (Å²) < 4.78 is 13.4. The van der Waals surface area contributed by atoms with Crippen molar-refractivity contribution in [3.8, 4) is 0 Å². The van der Waals surface area contributed by atoms with E-state index < -0.39 is 5.67 Å². The third-order valence-electron chi connectivity index (χ3n) is 1.96. The van der Waals surface area contributed by atoms with Crippen LogP contribution in [-0.2, 0) is 10.5 Å². The molecular weight excluding hydrogens is 191 g/mol. The van der Waals surface area contributed by atoms with E-state index in [1.807, 2.05) is 6.92 Å². The molecule has 1 rings (SSSR count). The molecule has 0 aliphatic carbocycles. The highest BCUT2D eigenvalue weighted by Crippen LogP contribution is 2.27. The molecule has 0 aliphatic heterocycles. The van der Waals surface area contributed by atoms with Crippen molar-refractivity contribution < 1.29 is 9.18 Å². The maximum absolute atomic E-state index is 13.4. The molecule has 1 aromatic carbocycles. The molecule has 0 amide bonds. The van der Waals surface area contributed by atoms with Crippen molar-refractivity contribution in [3.63, 3.8) is 0 Å². The number of rotatable bonds is 2. The van der Waals surface area contributed by atoms with Crippen LogP contribution in [0, 0.1) is 6.92 Å². The summed E-state index contributed by atoms with van der Waals surface area (Å²) in [4.78, 5) is 10.4. The second-order valence-electron chi connectivity index (χ2n) is 3.16. The summed E-state index contributed by atoms with van der Waals surface area (Å²) in [6.45, 7) is 3.03. The van der Waals surface area contributed by atoms with Crippen LogP contribution in [0.2, 0.25) is 5.02 Å². The number of aldehydes is 1. The molecule has 1 aromatic rings. The van der Waals surface area contributed by atoms with Crippen molar-refractivity contribution in [1.82, 2.24) is 0 Å². The summed E-state index contributed by atoms with van der Waals surface area (Å²) in [5.41, 5.74) is -0.789. The van der Waals surface area contributed by atoms with Gasteiger partial charge in [-0.05, 0) is 31.0 Å². The van der Waals surface area contributed by atoms with E-state index in [1.165, 1.54) is 13.0 Å². The predicted molar refractivity (Wildman–Crippen MR) is 50.7 cm³/mol. The van der Waals surface area contributed by atoms with Gasteiger partial charge in [0, 0.05) is 5.02 Å². The lowest BCUT2D eigenvalue weighted by atomic mass is 9.99. The van der Waals surface area contributed by atoms with Gasteiger partial charge >= 0.3 is 0 Å². The van der Waals surface area contributed by atoms with Gasteiger partial charge in [0.2, 0.25) is 0 Å². The second-order valence-corrected chi connectivity index (χ2v) is 3.56. The van der Waals surface area contributed by atoms with Gasteiger partial charge in [-0.15, -0.1) is 0 Å². The Balaban J connectivity index is 3.18. The van der Waals surface area contributed by atoms with E-state index in [9.17, 15) is 9.18 Å². The number of alkyl halides is 1. The molecule has 0 spiro atoms. The van der Waals surface area contributed by atoms with E-state index in [2.05, 4.69) is 0 Å². The quantitative estimate of drug-likeness (QED) is 0.671. The van der Waals surface area contributed by atoms with Crippen molar-refractivity contribution in [2.45, 2.75) is 19.5 Å². The van der Waals surface area contributed by atoms with Crippen LogP contribution in [0.15, 0.2) is 18.2 Å². The lowest BCUT2D eigenvalue weighted by molar-refractivity contribution is -0.117. The van der Waals surface area contributed by atoms with Crippen LogP contribution in [0.1, 0.15) is 18.1 Å². The van der Waals surface area contributed by atoms with Crippen LogP contribution in [0.4, 0.5) is 4.39 Å². The number of hydrogen-bond donors (Lipinski definition) is 0.